The van der Waals surface area contributed by atoms with E-state index in [9.17, 15) is 9.59 Å². The number of anilines is 1. The Morgan fingerprint density at radius 3 is 2.53 bits per heavy atom. The summed E-state index contributed by atoms with van der Waals surface area (Å²) in [7, 11) is 0. The Labute approximate surface area is 108 Å². The Bertz CT molecular complexity index is 600. The van der Waals surface area contributed by atoms with Crippen LogP contribution in [-0.2, 0) is 9.59 Å². The van der Waals surface area contributed by atoms with E-state index in [4.69, 9.17) is 9.52 Å². The maximum atomic E-state index is 11.3. The monoisotopic (exact) mass is 258 g/mol. The van der Waals surface area contributed by atoms with Gasteiger partial charge in [-0.05, 0) is 24.3 Å². The molecule has 2 N–H and O–H groups in total. The zero-order valence-electron chi connectivity index (χ0n) is 9.74. The molecule has 2 rings (SSSR count). The number of carbonyl (C=O) groups excluding carboxylic acids is 1. The van der Waals surface area contributed by atoms with Crippen LogP contribution in [0, 0.1) is 0 Å². The molecule has 0 bridgehead atoms. The molecule has 6 nitrogen and oxygen atoms in total. The number of nitrogens with one attached hydrogen (secondary N) is 1. The number of benzene rings is 1. The third-order valence-corrected chi connectivity index (χ3v) is 2.25. The molecule has 96 valence electrons. The predicted molar refractivity (Wildman–Crippen MR) is 67.3 cm³/mol. The van der Waals surface area contributed by atoms with Crippen molar-refractivity contribution in [3.63, 3.8) is 0 Å². The van der Waals surface area contributed by atoms with E-state index in [-0.39, 0.29) is 0 Å². The van der Waals surface area contributed by atoms with Crippen LogP contribution in [0.25, 0.3) is 11.3 Å². The normalized spacial score (nSPS) is 10.5. The Kier molecular flexibility index (Phi) is 3.72. The van der Waals surface area contributed by atoms with Gasteiger partial charge in [0, 0.05) is 23.4 Å². The lowest BCUT2D eigenvalue weighted by Gasteiger charge is -2.02. The third-order valence-electron chi connectivity index (χ3n) is 2.25. The van der Waals surface area contributed by atoms with Gasteiger partial charge in [0.05, 0.1) is 6.20 Å². The van der Waals surface area contributed by atoms with Crippen molar-refractivity contribution in [1.82, 2.24) is 4.98 Å². The van der Waals surface area contributed by atoms with Gasteiger partial charge in [-0.3, -0.25) is 4.79 Å². The summed E-state index contributed by atoms with van der Waals surface area (Å²) in [5.41, 5.74) is 1.39. The molecule has 2 aromatic rings. The number of hydrogen-bond donors (Lipinski definition) is 2. The highest BCUT2D eigenvalue weighted by Gasteiger charge is 2.02. The first kappa shape index (κ1) is 12.6. The number of aromatic nitrogens is 1. The van der Waals surface area contributed by atoms with Gasteiger partial charge in [-0.1, -0.05) is 0 Å². The predicted octanol–water partition coefficient (Wildman–Crippen LogP) is 1.92. The number of amides is 1. The van der Waals surface area contributed by atoms with Crippen molar-refractivity contribution in [2.45, 2.75) is 0 Å². The van der Waals surface area contributed by atoms with Crippen LogP contribution in [0.4, 0.5) is 5.69 Å². The van der Waals surface area contributed by atoms with Gasteiger partial charge in [-0.15, -0.1) is 0 Å². The molecule has 19 heavy (non-hydrogen) atoms. The first-order chi connectivity index (χ1) is 9.15. The summed E-state index contributed by atoms with van der Waals surface area (Å²) in [6.07, 6.45) is 4.65. The van der Waals surface area contributed by atoms with Crippen LogP contribution >= 0.6 is 0 Å². The molecule has 0 radical (unpaired) electrons. The molecule has 0 aliphatic heterocycles. The molecule has 0 aliphatic rings. The van der Waals surface area contributed by atoms with Crippen LogP contribution in [0.2, 0.25) is 0 Å². The average molecular weight is 258 g/mol. The van der Waals surface area contributed by atoms with Crippen LogP contribution in [-0.4, -0.2) is 22.0 Å². The number of rotatable bonds is 4. The smallest absolute Gasteiger partial charge is 0.328 e. The van der Waals surface area contributed by atoms with Crippen molar-refractivity contribution >= 4 is 17.6 Å². The summed E-state index contributed by atoms with van der Waals surface area (Å²) in [5.74, 6) is -1.05. The molecule has 0 unspecified atom stereocenters. The van der Waals surface area contributed by atoms with Crippen molar-refractivity contribution in [3.05, 3.63) is 49.0 Å². The highest BCUT2D eigenvalue weighted by atomic mass is 16.4. The molecule has 0 saturated heterocycles. The fourth-order valence-corrected chi connectivity index (χ4v) is 1.41. The number of carboxylic acid groups (broad SMARTS) is 1. The van der Waals surface area contributed by atoms with E-state index in [0.717, 1.165) is 17.7 Å². The van der Waals surface area contributed by atoms with E-state index in [1.807, 2.05) is 0 Å². The molecule has 6 heteroatoms. The van der Waals surface area contributed by atoms with Crippen molar-refractivity contribution in [3.8, 4) is 11.3 Å². The quantitative estimate of drug-likeness (QED) is 0.817. The fourth-order valence-electron chi connectivity index (χ4n) is 1.41. The lowest BCUT2D eigenvalue weighted by molar-refractivity contribution is -0.131. The van der Waals surface area contributed by atoms with Crippen LogP contribution in [0.15, 0.2) is 53.4 Å². The first-order valence-corrected chi connectivity index (χ1v) is 5.36. The van der Waals surface area contributed by atoms with E-state index >= 15 is 0 Å². The van der Waals surface area contributed by atoms with Crippen LogP contribution in [0.1, 0.15) is 0 Å². The summed E-state index contributed by atoms with van der Waals surface area (Å²) < 4.78 is 5.13. The highest BCUT2D eigenvalue weighted by molar-refractivity contribution is 6.02. The van der Waals surface area contributed by atoms with Crippen LogP contribution < -0.4 is 5.32 Å². The first-order valence-electron chi connectivity index (χ1n) is 5.36. The summed E-state index contributed by atoms with van der Waals surface area (Å²) in [6, 6.07) is 6.89. The van der Waals surface area contributed by atoms with E-state index in [0.29, 0.717) is 11.4 Å². The molecular formula is C13H10N2O4. The number of carbonyl (C=O) groups is 2. The Hall–Kier alpha value is -2.89. The zero-order valence-corrected chi connectivity index (χ0v) is 9.74. The second kappa shape index (κ2) is 5.63. The topological polar surface area (TPSA) is 92.4 Å². The average Bonchev–Trinajstić information content (AvgIpc) is 2.91. The number of aliphatic carboxylic acids is 1. The fraction of sp³-hybridized carbons (Fsp3) is 0. The molecule has 0 aliphatic carbocycles. The van der Waals surface area contributed by atoms with E-state index in [1.54, 1.807) is 30.5 Å². The third kappa shape index (κ3) is 3.53. The lowest BCUT2D eigenvalue weighted by atomic mass is 10.1. The molecule has 1 aromatic carbocycles. The number of carboxylic acids is 1. The Morgan fingerprint density at radius 1 is 1.21 bits per heavy atom. The van der Waals surface area contributed by atoms with Crippen molar-refractivity contribution in [2.24, 2.45) is 0 Å². The van der Waals surface area contributed by atoms with Gasteiger partial charge in [0.25, 0.3) is 0 Å². The van der Waals surface area contributed by atoms with E-state index in [1.165, 1.54) is 6.39 Å². The zero-order chi connectivity index (χ0) is 13.7. The van der Waals surface area contributed by atoms with Gasteiger partial charge >= 0.3 is 5.97 Å². The van der Waals surface area contributed by atoms with Gasteiger partial charge in [-0.2, -0.15) is 0 Å². The number of hydrogen-bond acceptors (Lipinski definition) is 4. The molecule has 0 spiro atoms. The second-order valence-electron chi connectivity index (χ2n) is 3.60. The minimum atomic E-state index is -1.17. The maximum absolute atomic E-state index is 11.3. The number of nitrogens with zero attached hydrogens (tertiary/aromatic N) is 1. The Balaban J connectivity index is 2.03. The van der Waals surface area contributed by atoms with Gasteiger partial charge in [-0.25, -0.2) is 9.78 Å². The second-order valence-corrected chi connectivity index (χ2v) is 3.60. The standard InChI is InChI=1S/C13H10N2O4/c16-12(5-6-13(17)18)15-10-3-1-9(2-4-10)11-7-14-8-19-11/h1-8H,(H,15,16)(H,17,18). The van der Waals surface area contributed by atoms with E-state index in [2.05, 4.69) is 10.3 Å². The molecule has 0 saturated carbocycles. The maximum Gasteiger partial charge on any atom is 0.328 e. The van der Waals surface area contributed by atoms with Gasteiger partial charge in [0.2, 0.25) is 5.91 Å². The largest absolute Gasteiger partial charge is 0.478 e. The van der Waals surface area contributed by atoms with Crippen molar-refractivity contribution in [1.29, 1.82) is 0 Å². The summed E-state index contributed by atoms with van der Waals surface area (Å²) in [4.78, 5) is 25.4. The van der Waals surface area contributed by atoms with Gasteiger partial charge in [0.15, 0.2) is 12.2 Å². The Morgan fingerprint density at radius 2 is 1.95 bits per heavy atom. The van der Waals surface area contributed by atoms with E-state index < -0.39 is 11.9 Å². The van der Waals surface area contributed by atoms with Crippen molar-refractivity contribution in [2.75, 3.05) is 5.32 Å². The minimum Gasteiger partial charge on any atom is -0.478 e. The molecule has 0 fully saturated rings. The lowest BCUT2D eigenvalue weighted by Crippen LogP contribution is -2.08. The molecular weight excluding hydrogens is 248 g/mol. The number of oxazole rings is 1. The van der Waals surface area contributed by atoms with Crippen LogP contribution in [0.3, 0.4) is 0 Å². The van der Waals surface area contributed by atoms with Crippen LogP contribution in [0.5, 0.6) is 0 Å². The molecule has 1 amide bonds. The highest BCUT2D eigenvalue weighted by Crippen LogP contribution is 2.20. The SMILES string of the molecule is O=C(O)C=CC(=O)Nc1ccc(-c2cnco2)cc1. The minimum absolute atomic E-state index is 0.505. The van der Waals surface area contributed by atoms with Crippen molar-refractivity contribution < 1.29 is 19.1 Å². The summed E-state index contributed by atoms with van der Waals surface area (Å²) >= 11 is 0. The van der Waals surface area contributed by atoms with Gasteiger partial charge < -0.3 is 14.8 Å². The molecule has 1 heterocycles. The summed E-state index contributed by atoms with van der Waals surface area (Å²) in [6.45, 7) is 0. The molecule has 1 aromatic heterocycles. The summed E-state index contributed by atoms with van der Waals surface area (Å²) in [5, 5.41) is 10.9. The van der Waals surface area contributed by atoms with Gasteiger partial charge in [0.1, 0.15) is 0 Å². The molecule has 0 atom stereocenters.